The first-order valence-corrected chi connectivity index (χ1v) is 17.9. The molecule has 5 rings (SSSR count). The van der Waals surface area contributed by atoms with E-state index in [0.717, 1.165) is 18.4 Å². The number of aliphatic hydroxyl groups is 1. The molecule has 0 aliphatic carbocycles. The first-order valence-electron chi connectivity index (χ1n) is 17.9. The predicted molar refractivity (Wildman–Crippen MR) is 187 cm³/mol. The second-order valence-corrected chi connectivity index (χ2v) is 14.2. The molecule has 0 spiro atoms. The molecular formula is C37H51N5O8. The Morgan fingerprint density at radius 1 is 1.12 bits per heavy atom. The van der Waals surface area contributed by atoms with Crippen LogP contribution in [0.1, 0.15) is 84.9 Å². The number of fused-ring (bicyclic) bond motifs is 1. The molecular weight excluding hydrogens is 642 g/mol. The number of aryl methyl sites for hydroxylation is 1. The van der Waals surface area contributed by atoms with Gasteiger partial charge in [-0.15, -0.1) is 0 Å². The number of nitrogens with one attached hydrogen (secondary N) is 1. The van der Waals surface area contributed by atoms with E-state index < -0.39 is 54.1 Å². The van der Waals surface area contributed by atoms with Crippen LogP contribution in [0.2, 0.25) is 0 Å². The van der Waals surface area contributed by atoms with Crippen molar-refractivity contribution in [3.63, 3.8) is 0 Å². The molecule has 2 aliphatic heterocycles. The van der Waals surface area contributed by atoms with Gasteiger partial charge in [-0.25, -0.2) is 9.59 Å². The van der Waals surface area contributed by atoms with Crippen LogP contribution in [0.4, 0.5) is 0 Å². The van der Waals surface area contributed by atoms with E-state index in [9.17, 15) is 24.3 Å². The number of hydrogen-bond acceptors (Lipinski definition) is 10. The van der Waals surface area contributed by atoms with E-state index in [1.54, 1.807) is 20.0 Å². The van der Waals surface area contributed by atoms with E-state index in [4.69, 9.17) is 19.6 Å². The van der Waals surface area contributed by atoms with E-state index in [2.05, 4.69) is 29.4 Å². The standard InChI is InChI=1S/C37H51N5O8/c1-6-7-8-10-23-12-14-24(15-13-23)28-17-25-19-42(37(47)40-34(25)50-28)30-18-27(43)29(49-30)20-48-36(46)32(22(4)5)39-33(44)26-11-9-16-41(26)35(45)31(38)21(2)3/h12-15,17,19,21-22,26-27,29-32,43H,6-11,16,18,20,38H2,1-5H3,(H,39,44). The molecule has 2 amide bonds. The number of nitrogens with two attached hydrogens (primary N) is 1. The molecule has 3 aromatic rings. The number of aromatic nitrogens is 2. The SMILES string of the molecule is CCCCCc1ccc(-c2cc3cn(C4CC(O)C(COC(=O)C(NC(=O)C5CCCN5C(=O)C(N)C(C)C)C(C)C)O4)c(=O)nc3o2)cc1. The molecule has 1 aromatic carbocycles. The van der Waals surface area contributed by atoms with Gasteiger partial charge in [0.1, 0.15) is 36.8 Å². The summed E-state index contributed by atoms with van der Waals surface area (Å²) in [4.78, 5) is 58.0. The fourth-order valence-electron chi connectivity index (χ4n) is 6.51. The summed E-state index contributed by atoms with van der Waals surface area (Å²) in [5.74, 6) is -1.24. The first kappa shape index (κ1) is 37.2. The lowest BCUT2D eigenvalue weighted by atomic mass is 10.0. The van der Waals surface area contributed by atoms with Gasteiger partial charge in [-0.1, -0.05) is 71.7 Å². The second kappa shape index (κ2) is 16.3. The van der Waals surface area contributed by atoms with Crippen molar-refractivity contribution in [2.24, 2.45) is 17.6 Å². The molecule has 0 radical (unpaired) electrons. The van der Waals surface area contributed by atoms with Gasteiger partial charge in [-0.2, -0.15) is 4.98 Å². The van der Waals surface area contributed by atoms with Crippen molar-refractivity contribution < 1.29 is 33.4 Å². The predicted octanol–water partition coefficient (Wildman–Crippen LogP) is 3.70. The van der Waals surface area contributed by atoms with Crippen LogP contribution in [-0.2, 0) is 30.3 Å². The minimum atomic E-state index is -1.03. The Balaban J connectivity index is 1.19. The van der Waals surface area contributed by atoms with Crippen LogP contribution in [0, 0.1) is 11.8 Å². The quantitative estimate of drug-likeness (QED) is 0.167. The third-order valence-corrected chi connectivity index (χ3v) is 9.71. The highest BCUT2D eigenvalue weighted by Gasteiger charge is 2.40. The summed E-state index contributed by atoms with van der Waals surface area (Å²) in [6.45, 7) is 9.57. The number of unbranched alkanes of at least 4 members (excludes halogenated alkanes) is 2. The van der Waals surface area contributed by atoms with Crippen LogP contribution in [0.5, 0.6) is 0 Å². The summed E-state index contributed by atoms with van der Waals surface area (Å²) in [7, 11) is 0. The molecule has 272 valence electrons. The van der Waals surface area contributed by atoms with Gasteiger partial charge >= 0.3 is 11.7 Å². The van der Waals surface area contributed by atoms with Gasteiger partial charge in [0.15, 0.2) is 0 Å². The number of carbonyl (C=O) groups excluding carboxylic acids is 3. The minimum Gasteiger partial charge on any atom is -0.461 e. The molecule has 0 bridgehead atoms. The monoisotopic (exact) mass is 693 g/mol. The average Bonchev–Trinajstić information content (AvgIpc) is 3.83. The Labute approximate surface area is 292 Å². The molecule has 13 heteroatoms. The zero-order valence-electron chi connectivity index (χ0n) is 29.7. The highest BCUT2D eigenvalue weighted by atomic mass is 16.6. The van der Waals surface area contributed by atoms with Gasteiger partial charge in [0.2, 0.25) is 17.5 Å². The lowest BCUT2D eigenvalue weighted by molar-refractivity contribution is -0.155. The fraction of sp³-hybridized carbons (Fsp3) is 0.595. The number of aliphatic hydroxyl groups excluding tert-OH is 1. The summed E-state index contributed by atoms with van der Waals surface area (Å²) in [6.07, 6.45) is 4.55. The molecule has 0 saturated carbocycles. The summed E-state index contributed by atoms with van der Waals surface area (Å²) < 4.78 is 18.8. The number of ether oxygens (including phenoxy) is 2. The number of nitrogens with zero attached hydrogens (tertiary/aromatic N) is 3. The van der Waals surface area contributed by atoms with Crippen molar-refractivity contribution in [2.45, 2.75) is 116 Å². The highest BCUT2D eigenvalue weighted by Crippen LogP contribution is 2.31. The van der Waals surface area contributed by atoms with Crippen molar-refractivity contribution in [2.75, 3.05) is 13.2 Å². The molecule has 50 heavy (non-hydrogen) atoms. The van der Waals surface area contributed by atoms with Gasteiger partial charge in [0.05, 0.1) is 17.5 Å². The van der Waals surface area contributed by atoms with Crippen molar-refractivity contribution >= 4 is 28.9 Å². The van der Waals surface area contributed by atoms with E-state index in [-0.39, 0.29) is 36.5 Å². The number of amides is 2. The molecule has 2 aromatic heterocycles. The topological polar surface area (TPSA) is 179 Å². The smallest absolute Gasteiger partial charge is 0.353 e. The summed E-state index contributed by atoms with van der Waals surface area (Å²) >= 11 is 0. The molecule has 4 N–H and O–H groups in total. The van der Waals surface area contributed by atoms with Gasteiger partial charge in [-0.05, 0) is 49.1 Å². The van der Waals surface area contributed by atoms with Crippen molar-refractivity contribution in [3.8, 4) is 11.3 Å². The maximum absolute atomic E-state index is 13.3. The number of likely N-dealkylation sites (tertiary alicyclic amines) is 1. The Hall–Kier alpha value is -4.07. The molecule has 2 aliphatic rings. The van der Waals surface area contributed by atoms with E-state index in [1.807, 2.05) is 32.0 Å². The van der Waals surface area contributed by atoms with E-state index in [0.29, 0.717) is 30.5 Å². The van der Waals surface area contributed by atoms with Crippen LogP contribution in [0.3, 0.4) is 0 Å². The average molecular weight is 694 g/mol. The normalized spacial score (nSPS) is 22.0. The largest absolute Gasteiger partial charge is 0.461 e. The van der Waals surface area contributed by atoms with Gasteiger partial charge in [0.25, 0.3) is 0 Å². The maximum Gasteiger partial charge on any atom is 0.353 e. The lowest BCUT2D eigenvalue weighted by Crippen LogP contribution is -2.56. The van der Waals surface area contributed by atoms with Crippen LogP contribution >= 0.6 is 0 Å². The number of rotatable bonds is 14. The molecule has 2 fully saturated rings. The van der Waals surface area contributed by atoms with Gasteiger partial charge < -0.3 is 34.9 Å². The highest BCUT2D eigenvalue weighted by molar-refractivity contribution is 5.92. The first-order chi connectivity index (χ1) is 23.9. The van der Waals surface area contributed by atoms with Crippen molar-refractivity contribution in [1.29, 1.82) is 0 Å². The van der Waals surface area contributed by atoms with Crippen molar-refractivity contribution in [1.82, 2.24) is 19.8 Å². The molecule has 2 saturated heterocycles. The molecule has 6 unspecified atom stereocenters. The Morgan fingerprint density at radius 2 is 1.86 bits per heavy atom. The second-order valence-electron chi connectivity index (χ2n) is 14.2. The van der Waals surface area contributed by atoms with Crippen LogP contribution in [0.25, 0.3) is 22.4 Å². The summed E-state index contributed by atoms with van der Waals surface area (Å²) in [5, 5.41) is 14.2. The van der Waals surface area contributed by atoms with Crippen molar-refractivity contribution in [3.05, 3.63) is 52.6 Å². The summed E-state index contributed by atoms with van der Waals surface area (Å²) in [5.41, 5.74) is 7.81. The fourth-order valence-corrected chi connectivity index (χ4v) is 6.51. The van der Waals surface area contributed by atoms with E-state index in [1.165, 1.54) is 27.9 Å². The number of benzene rings is 1. The van der Waals surface area contributed by atoms with Gasteiger partial charge in [-0.3, -0.25) is 14.2 Å². The molecule has 4 heterocycles. The van der Waals surface area contributed by atoms with Crippen LogP contribution in [-0.4, -0.2) is 80.8 Å². The number of furan rings is 1. The third-order valence-electron chi connectivity index (χ3n) is 9.71. The van der Waals surface area contributed by atoms with Crippen LogP contribution < -0.4 is 16.7 Å². The van der Waals surface area contributed by atoms with Crippen LogP contribution in [0.15, 0.2) is 45.7 Å². The third kappa shape index (κ3) is 8.44. The Kier molecular flexibility index (Phi) is 12.1. The van der Waals surface area contributed by atoms with E-state index >= 15 is 0 Å². The zero-order chi connectivity index (χ0) is 36.1. The number of hydrogen-bond donors (Lipinski definition) is 3. The minimum absolute atomic E-state index is 0.0773. The Bertz CT molecular complexity index is 1700. The van der Waals surface area contributed by atoms with Gasteiger partial charge in [0, 0.05) is 24.7 Å². The number of carbonyl (C=O) groups is 3. The number of esters is 1. The zero-order valence-corrected chi connectivity index (χ0v) is 29.7. The lowest BCUT2D eigenvalue weighted by Gasteiger charge is -2.30. The molecule has 6 atom stereocenters. The molecule has 13 nitrogen and oxygen atoms in total. The Morgan fingerprint density at radius 3 is 2.54 bits per heavy atom. The summed E-state index contributed by atoms with van der Waals surface area (Å²) in [6, 6.07) is 7.54. The maximum atomic E-state index is 13.3.